The molecule has 1 fully saturated rings. The number of guanidine groups is 1. The normalized spacial score (nSPS) is 16.1. The van der Waals surface area contributed by atoms with Gasteiger partial charge in [0.1, 0.15) is 5.82 Å². The van der Waals surface area contributed by atoms with Crippen molar-refractivity contribution in [2.24, 2.45) is 4.99 Å². The second kappa shape index (κ2) is 9.71. The molecule has 0 heterocycles. The monoisotopic (exact) mass is 462 g/mol. The van der Waals surface area contributed by atoms with Gasteiger partial charge in [0.05, 0.1) is 6.54 Å². The van der Waals surface area contributed by atoms with E-state index >= 15 is 0 Å². The Bertz CT molecular complexity index is 565. The van der Waals surface area contributed by atoms with Crippen molar-refractivity contribution in [1.29, 1.82) is 0 Å². The standard InChI is InChI=1S/C19H31FN4.HI/c1-5-21-17(22-12-13-24-18(2,3)4)23-14-19(10-11-19)15-8-6-7-9-16(15)20;/h6-9,24H,5,10-14H2,1-4H3,(H2,21,22,23);1H. The Kier molecular flexibility index (Phi) is 8.60. The molecular formula is C19H32FIN4. The summed E-state index contributed by atoms with van der Waals surface area (Å²) in [6.45, 7) is 11.6. The van der Waals surface area contributed by atoms with E-state index < -0.39 is 0 Å². The third kappa shape index (κ3) is 7.09. The van der Waals surface area contributed by atoms with E-state index in [9.17, 15) is 4.39 Å². The molecule has 2 rings (SSSR count). The van der Waals surface area contributed by atoms with Gasteiger partial charge in [-0.2, -0.15) is 0 Å². The summed E-state index contributed by atoms with van der Waals surface area (Å²) in [5.74, 6) is 0.688. The molecule has 0 aliphatic heterocycles. The molecule has 0 radical (unpaired) electrons. The number of rotatable bonds is 7. The van der Waals surface area contributed by atoms with Crippen LogP contribution < -0.4 is 16.0 Å². The quantitative estimate of drug-likeness (QED) is 0.252. The highest BCUT2D eigenvalue weighted by atomic mass is 127. The Morgan fingerprint density at radius 1 is 1.16 bits per heavy atom. The van der Waals surface area contributed by atoms with Crippen LogP contribution in [-0.2, 0) is 5.41 Å². The molecule has 1 saturated carbocycles. The SMILES string of the molecule is CCNC(=NCC1(c2ccccc2F)CC1)NCCNC(C)(C)C.I. The van der Waals surface area contributed by atoms with Crippen molar-refractivity contribution in [3.63, 3.8) is 0 Å². The summed E-state index contributed by atoms with van der Waals surface area (Å²) in [5.41, 5.74) is 0.802. The molecule has 0 amide bonds. The maximum absolute atomic E-state index is 14.1. The lowest BCUT2D eigenvalue weighted by Crippen LogP contribution is -2.44. The lowest BCUT2D eigenvalue weighted by Gasteiger charge is -2.21. The molecule has 0 aromatic heterocycles. The van der Waals surface area contributed by atoms with Gasteiger partial charge in [-0.25, -0.2) is 4.39 Å². The lowest BCUT2D eigenvalue weighted by atomic mass is 9.95. The number of nitrogens with one attached hydrogen (secondary N) is 3. The smallest absolute Gasteiger partial charge is 0.191 e. The van der Waals surface area contributed by atoms with Crippen molar-refractivity contribution in [2.45, 2.75) is 51.5 Å². The first-order valence-corrected chi connectivity index (χ1v) is 8.88. The molecule has 3 N–H and O–H groups in total. The van der Waals surface area contributed by atoms with Crippen LogP contribution >= 0.6 is 24.0 Å². The molecule has 142 valence electrons. The Morgan fingerprint density at radius 2 is 1.84 bits per heavy atom. The van der Waals surface area contributed by atoms with Crippen molar-refractivity contribution in [1.82, 2.24) is 16.0 Å². The van der Waals surface area contributed by atoms with E-state index in [2.05, 4.69) is 36.7 Å². The number of hydrogen-bond acceptors (Lipinski definition) is 2. The van der Waals surface area contributed by atoms with E-state index in [0.717, 1.165) is 44.0 Å². The van der Waals surface area contributed by atoms with Gasteiger partial charge >= 0.3 is 0 Å². The molecule has 1 aromatic rings. The highest BCUT2D eigenvalue weighted by Crippen LogP contribution is 2.49. The van der Waals surface area contributed by atoms with Gasteiger partial charge in [-0.05, 0) is 52.2 Å². The first kappa shape index (κ1) is 22.2. The summed E-state index contributed by atoms with van der Waals surface area (Å²) in [4.78, 5) is 4.70. The summed E-state index contributed by atoms with van der Waals surface area (Å²) < 4.78 is 14.1. The van der Waals surface area contributed by atoms with Gasteiger partial charge in [0, 0.05) is 30.6 Å². The highest BCUT2D eigenvalue weighted by Gasteiger charge is 2.45. The molecule has 0 saturated heterocycles. The number of nitrogens with zero attached hydrogens (tertiary/aromatic N) is 1. The summed E-state index contributed by atoms with van der Waals surface area (Å²) in [7, 11) is 0. The number of aliphatic imine (C=N–C) groups is 1. The average molecular weight is 462 g/mol. The zero-order valence-electron chi connectivity index (χ0n) is 15.8. The van der Waals surface area contributed by atoms with Crippen LogP contribution in [0.1, 0.15) is 46.1 Å². The van der Waals surface area contributed by atoms with Crippen LogP contribution in [0.5, 0.6) is 0 Å². The van der Waals surface area contributed by atoms with Crippen molar-refractivity contribution >= 4 is 29.9 Å². The largest absolute Gasteiger partial charge is 0.357 e. The van der Waals surface area contributed by atoms with Gasteiger partial charge in [-0.15, -0.1) is 24.0 Å². The fourth-order valence-corrected chi connectivity index (χ4v) is 2.75. The second-order valence-electron chi connectivity index (χ2n) is 7.56. The third-order valence-electron chi connectivity index (χ3n) is 4.26. The van der Waals surface area contributed by atoms with Crippen LogP contribution in [0.4, 0.5) is 4.39 Å². The fourth-order valence-electron chi connectivity index (χ4n) is 2.75. The van der Waals surface area contributed by atoms with Crippen LogP contribution in [0.3, 0.4) is 0 Å². The minimum atomic E-state index is -0.114. The molecule has 1 aliphatic rings. The molecule has 0 spiro atoms. The van der Waals surface area contributed by atoms with Crippen LogP contribution in [0.15, 0.2) is 29.3 Å². The van der Waals surface area contributed by atoms with Crippen LogP contribution in [-0.4, -0.2) is 37.7 Å². The second-order valence-corrected chi connectivity index (χ2v) is 7.56. The third-order valence-corrected chi connectivity index (χ3v) is 4.26. The van der Waals surface area contributed by atoms with Crippen LogP contribution in [0, 0.1) is 5.82 Å². The highest BCUT2D eigenvalue weighted by molar-refractivity contribution is 14.0. The number of hydrogen-bond donors (Lipinski definition) is 3. The average Bonchev–Trinajstić information content (AvgIpc) is 3.29. The molecule has 0 atom stereocenters. The molecule has 6 heteroatoms. The molecule has 0 bridgehead atoms. The van der Waals surface area contributed by atoms with Crippen molar-refractivity contribution < 1.29 is 4.39 Å². The van der Waals surface area contributed by atoms with E-state index in [4.69, 9.17) is 4.99 Å². The van der Waals surface area contributed by atoms with Gasteiger partial charge in [-0.1, -0.05) is 18.2 Å². The predicted octanol–water partition coefficient (Wildman–Crippen LogP) is 3.42. The lowest BCUT2D eigenvalue weighted by molar-refractivity contribution is 0.428. The Labute approximate surface area is 168 Å². The summed E-state index contributed by atoms with van der Waals surface area (Å²) >= 11 is 0. The molecule has 0 unspecified atom stereocenters. The van der Waals surface area contributed by atoms with Crippen LogP contribution in [0.25, 0.3) is 0 Å². The Hall–Kier alpha value is -0.890. The molecular weight excluding hydrogens is 430 g/mol. The zero-order valence-corrected chi connectivity index (χ0v) is 18.1. The van der Waals surface area contributed by atoms with E-state index in [1.807, 2.05) is 19.1 Å². The zero-order chi connectivity index (χ0) is 17.6. The molecule has 4 nitrogen and oxygen atoms in total. The number of halogens is 2. The topological polar surface area (TPSA) is 48.5 Å². The maximum Gasteiger partial charge on any atom is 0.191 e. The van der Waals surface area contributed by atoms with Crippen LogP contribution in [0.2, 0.25) is 0 Å². The van der Waals surface area contributed by atoms with Gasteiger partial charge in [0.2, 0.25) is 0 Å². The van der Waals surface area contributed by atoms with Gasteiger partial charge in [-0.3, -0.25) is 4.99 Å². The van der Waals surface area contributed by atoms with Crippen molar-refractivity contribution in [3.05, 3.63) is 35.6 Å². The Balaban J connectivity index is 0.00000312. The van der Waals surface area contributed by atoms with Gasteiger partial charge in [0.25, 0.3) is 0 Å². The van der Waals surface area contributed by atoms with Gasteiger partial charge in [0.15, 0.2) is 5.96 Å². The summed E-state index contributed by atoms with van der Waals surface area (Å²) in [5, 5.41) is 10.0. The van der Waals surface area contributed by atoms with E-state index in [-0.39, 0.29) is 40.7 Å². The molecule has 1 aromatic carbocycles. The number of benzene rings is 1. The van der Waals surface area contributed by atoms with E-state index in [0.29, 0.717) is 6.54 Å². The van der Waals surface area contributed by atoms with E-state index in [1.165, 1.54) is 0 Å². The fraction of sp³-hybridized carbons (Fsp3) is 0.632. The Morgan fingerprint density at radius 3 is 2.40 bits per heavy atom. The minimum absolute atomic E-state index is 0. The first-order chi connectivity index (χ1) is 11.4. The summed E-state index contributed by atoms with van der Waals surface area (Å²) in [6, 6.07) is 7.09. The van der Waals surface area contributed by atoms with Crippen molar-refractivity contribution in [2.75, 3.05) is 26.2 Å². The molecule has 25 heavy (non-hydrogen) atoms. The summed E-state index contributed by atoms with van der Waals surface area (Å²) in [6.07, 6.45) is 2.00. The minimum Gasteiger partial charge on any atom is -0.357 e. The van der Waals surface area contributed by atoms with E-state index in [1.54, 1.807) is 12.1 Å². The maximum atomic E-state index is 14.1. The molecule has 1 aliphatic carbocycles. The van der Waals surface area contributed by atoms with Crippen molar-refractivity contribution in [3.8, 4) is 0 Å². The first-order valence-electron chi connectivity index (χ1n) is 8.88. The van der Waals surface area contributed by atoms with Gasteiger partial charge < -0.3 is 16.0 Å². The predicted molar refractivity (Wildman–Crippen MR) is 114 cm³/mol.